The Morgan fingerprint density at radius 3 is 2.36 bits per heavy atom. The van der Waals surface area contributed by atoms with Crippen molar-refractivity contribution in [1.82, 2.24) is 4.90 Å². The number of phenols is 1. The van der Waals surface area contributed by atoms with E-state index in [0.29, 0.717) is 19.4 Å². The average Bonchev–Trinajstić information content (AvgIpc) is 2.55. The van der Waals surface area contributed by atoms with E-state index in [1.165, 1.54) is 5.56 Å². The molecule has 0 heterocycles. The maximum absolute atomic E-state index is 12.3. The van der Waals surface area contributed by atoms with Crippen molar-refractivity contribution in [1.29, 1.82) is 0 Å². The zero-order valence-electron chi connectivity index (χ0n) is 13.0. The topological polar surface area (TPSA) is 40.5 Å². The van der Waals surface area contributed by atoms with Gasteiger partial charge in [-0.05, 0) is 37.0 Å². The van der Waals surface area contributed by atoms with Gasteiger partial charge in [-0.15, -0.1) is 0 Å². The number of nitrogens with zero attached hydrogens (tertiary/aromatic N) is 1. The number of carbonyl (C=O) groups excluding carboxylic acids is 1. The molecular formula is C19H23NO2. The highest BCUT2D eigenvalue weighted by Crippen LogP contribution is 2.17. The average molecular weight is 297 g/mol. The molecule has 3 heteroatoms. The quantitative estimate of drug-likeness (QED) is 0.850. The van der Waals surface area contributed by atoms with Crippen molar-refractivity contribution in [3.63, 3.8) is 0 Å². The van der Waals surface area contributed by atoms with E-state index in [1.807, 2.05) is 42.2 Å². The molecule has 2 rings (SSSR count). The number of benzene rings is 2. The van der Waals surface area contributed by atoms with Crippen molar-refractivity contribution in [3.05, 3.63) is 65.7 Å². The third kappa shape index (κ3) is 4.62. The Kier molecular flexibility index (Phi) is 6.01. The second-order valence-electron chi connectivity index (χ2n) is 5.34. The summed E-state index contributed by atoms with van der Waals surface area (Å²) in [4.78, 5) is 14.2. The van der Waals surface area contributed by atoms with Gasteiger partial charge in [0.25, 0.3) is 0 Å². The first-order valence-corrected chi connectivity index (χ1v) is 7.79. The van der Waals surface area contributed by atoms with Gasteiger partial charge in [-0.25, -0.2) is 0 Å². The lowest BCUT2D eigenvalue weighted by molar-refractivity contribution is -0.130. The minimum absolute atomic E-state index is 0.140. The largest absolute Gasteiger partial charge is 0.508 e. The zero-order valence-corrected chi connectivity index (χ0v) is 13.0. The molecule has 0 fully saturated rings. The summed E-state index contributed by atoms with van der Waals surface area (Å²) in [6, 6.07) is 17.4. The molecule has 3 nitrogen and oxygen atoms in total. The van der Waals surface area contributed by atoms with E-state index in [0.717, 1.165) is 18.5 Å². The molecule has 116 valence electrons. The molecule has 0 radical (unpaired) electrons. The highest BCUT2D eigenvalue weighted by molar-refractivity contribution is 5.76. The van der Waals surface area contributed by atoms with Crippen LogP contribution in [-0.4, -0.2) is 29.0 Å². The van der Waals surface area contributed by atoms with Crippen LogP contribution in [0.25, 0.3) is 0 Å². The Morgan fingerprint density at radius 1 is 1.00 bits per heavy atom. The van der Waals surface area contributed by atoms with Crippen LogP contribution in [0.2, 0.25) is 0 Å². The Balaban J connectivity index is 1.85. The van der Waals surface area contributed by atoms with Crippen LogP contribution in [0.3, 0.4) is 0 Å². The lowest BCUT2D eigenvalue weighted by atomic mass is 10.1. The number of para-hydroxylation sites is 1. The SMILES string of the molecule is CCN(CCc1ccccc1)C(=O)CCc1ccccc1O. The van der Waals surface area contributed by atoms with E-state index in [1.54, 1.807) is 12.1 Å². The van der Waals surface area contributed by atoms with E-state index in [9.17, 15) is 9.90 Å². The van der Waals surface area contributed by atoms with Crippen molar-refractivity contribution >= 4 is 5.91 Å². The maximum atomic E-state index is 12.3. The fourth-order valence-corrected chi connectivity index (χ4v) is 2.49. The smallest absolute Gasteiger partial charge is 0.222 e. The second kappa shape index (κ2) is 8.23. The molecule has 0 aromatic heterocycles. The van der Waals surface area contributed by atoms with Crippen LogP contribution in [0.5, 0.6) is 5.75 Å². The van der Waals surface area contributed by atoms with Crippen LogP contribution < -0.4 is 0 Å². The van der Waals surface area contributed by atoms with Crippen molar-refractivity contribution in [2.75, 3.05) is 13.1 Å². The molecule has 0 saturated heterocycles. The predicted octanol–water partition coefficient (Wildman–Crippen LogP) is 3.42. The molecule has 0 atom stereocenters. The summed E-state index contributed by atoms with van der Waals surface area (Å²) in [7, 11) is 0. The van der Waals surface area contributed by atoms with Crippen LogP contribution in [0.15, 0.2) is 54.6 Å². The third-order valence-electron chi connectivity index (χ3n) is 3.85. The van der Waals surface area contributed by atoms with E-state index in [4.69, 9.17) is 0 Å². The minimum Gasteiger partial charge on any atom is -0.508 e. The van der Waals surface area contributed by atoms with Gasteiger partial charge in [-0.3, -0.25) is 4.79 Å². The van der Waals surface area contributed by atoms with Crippen molar-refractivity contribution in [2.24, 2.45) is 0 Å². The van der Waals surface area contributed by atoms with Crippen molar-refractivity contribution in [2.45, 2.75) is 26.2 Å². The molecule has 1 amide bonds. The lowest BCUT2D eigenvalue weighted by Gasteiger charge is -2.21. The van der Waals surface area contributed by atoms with Crippen LogP contribution in [0.4, 0.5) is 0 Å². The van der Waals surface area contributed by atoms with Crippen molar-refractivity contribution < 1.29 is 9.90 Å². The van der Waals surface area contributed by atoms with E-state index in [2.05, 4.69) is 12.1 Å². The van der Waals surface area contributed by atoms with Gasteiger partial charge in [-0.1, -0.05) is 48.5 Å². The molecule has 2 aromatic carbocycles. The lowest BCUT2D eigenvalue weighted by Crippen LogP contribution is -2.32. The highest BCUT2D eigenvalue weighted by atomic mass is 16.3. The van der Waals surface area contributed by atoms with Gasteiger partial charge < -0.3 is 10.0 Å². The fourth-order valence-electron chi connectivity index (χ4n) is 2.49. The van der Waals surface area contributed by atoms with Gasteiger partial charge >= 0.3 is 0 Å². The van der Waals surface area contributed by atoms with Crippen LogP contribution in [-0.2, 0) is 17.6 Å². The van der Waals surface area contributed by atoms with Gasteiger partial charge in [0.2, 0.25) is 5.91 Å². The highest BCUT2D eigenvalue weighted by Gasteiger charge is 2.12. The molecule has 0 aliphatic rings. The zero-order chi connectivity index (χ0) is 15.8. The number of amides is 1. The number of carbonyl (C=O) groups is 1. The molecule has 0 aliphatic heterocycles. The molecule has 0 spiro atoms. The number of aryl methyl sites for hydroxylation is 1. The molecule has 0 bridgehead atoms. The summed E-state index contributed by atoms with van der Waals surface area (Å²) < 4.78 is 0. The Bertz CT molecular complexity index is 595. The molecule has 1 N–H and O–H groups in total. The summed E-state index contributed by atoms with van der Waals surface area (Å²) in [5, 5.41) is 9.75. The second-order valence-corrected chi connectivity index (χ2v) is 5.34. The van der Waals surface area contributed by atoms with Crippen LogP contribution >= 0.6 is 0 Å². The summed E-state index contributed by atoms with van der Waals surface area (Å²) in [5.41, 5.74) is 2.07. The molecule has 0 unspecified atom stereocenters. The van der Waals surface area contributed by atoms with E-state index < -0.39 is 0 Å². The first-order chi connectivity index (χ1) is 10.7. The molecule has 22 heavy (non-hydrogen) atoms. The summed E-state index contributed by atoms with van der Waals surface area (Å²) in [5.74, 6) is 0.407. The monoisotopic (exact) mass is 297 g/mol. The molecular weight excluding hydrogens is 274 g/mol. The Hall–Kier alpha value is -2.29. The number of hydrogen-bond acceptors (Lipinski definition) is 2. The number of rotatable bonds is 7. The summed E-state index contributed by atoms with van der Waals surface area (Å²) in [6.45, 7) is 3.45. The van der Waals surface area contributed by atoms with Gasteiger partial charge in [0.15, 0.2) is 0 Å². The third-order valence-corrected chi connectivity index (χ3v) is 3.85. The minimum atomic E-state index is 0.140. The number of aromatic hydroxyl groups is 1. The standard InChI is InChI=1S/C19H23NO2/c1-2-20(15-14-16-8-4-3-5-9-16)19(22)13-12-17-10-6-7-11-18(17)21/h3-11,21H,2,12-15H2,1H3. The molecule has 0 saturated carbocycles. The Labute approximate surface area is 132 Å². The maximum Gasteiger partial charge on any atom is 0.222 e. The summed E-state index contributed by atoms with van der Waals surface area (Å²) in [6.07, 6.45) is 1.88. The summed E-state index contributed by atoms with van der Waals surface area (Å²) >= 11 is 0. The van der Waals surface area contributed by atoms with Gasteiger partial charge in [0.05, 0.1) is 0 Å². The number of phenolic OH excluding ortho intramolecular Hbond substituents is 1. The van der Waals surface area contributed by atoms with Gasteiger partial charge in [0, 0.05) is 19.5 Å². The van der Waals surface area contributed by atoms with Gasteiger partial charge in [0.1, 0.15) is 5.75 Å². The van der Waals surface area contributed by atoms with Gasteiger partial charge in [-0.2, -0.15) is 0 Å². The van der Waals surface area contributed by atoms with Crippen molar-refractivity contribution in [3.8, 4) is 5.75 Å². The molecule has 0 aliphatic carbocycles. The number of likely N-dealkylation sites (N-methyl/N-ethyl adjacent to an activating group) is 1. The first-order valence-electron chi connectivity index (χ1n) is 7.79. The normalized spacial score (nSPS) is 10.4. The van der Waals surface area contributed by atoms with Crippen LogP contribution in [0, 0.1) is 0 Å². The number of hydrogen-bond donors (Lipinski definition) is 1. The van der Waals surface area contributed by atoms with Crippen LogP contribution in [0.1, 0.15) is 24.5 Å². The fraction of sp³-hybridized carbons (Fsp3) is 0.316. The Morgan fingerprint density at radius 2 is 1.68 bits per heavy atom. The first kappa shape index (κ1) is 16.1. The molecule has 2 aromatic rings. The predicted molar refractivity (Wildman–Crippen MR) is 88.8 cm³/mol. The van der Waals surface area contributed by atoms with E-state index >= 15 is 0 Å². The van der Waals surface area contributed by atoms with E-state index in [-0.39, 0.29) is 11.7 Å².